The van der Waals surface area contributed by atoms with Crippen molar-refractivity contribution >= 4 is 37.6 Å². The van der Waals surface area contributed by atoms with Crippen LogP contribution in [0, 0.1) is 0 Å². The van der Waals surface area contributed by atoms with Crippen molar-refractivity contribution in [3.05, 3.63) is 0 Å². The maximum absolute atomic E-state index is 12.7. The first-order chi connectivity index (χ1) is 11.0. The molecule has 0 radical (unpaired) electrons. The van der Waals surface area contributed by atoms with Gasteiger partial charge in [-0.15, -0.1) is 0 Å². The molecule has 0 saturated carbocycles. The minimum atomic E-state index is -3.66. The first-order valence-corrected chi connectivity index (χ1v) is 4.90. The quantitative estimate of drug-likeness (QED) is 0.692. The van der Waals surface area contributed by atoms with Crippen molar-refractivity contribution < 1.29 is 22.6 Å². The number of rotatable bonds is 0. The lowest BCUT2D eigenvalue weighted by Gasteiger charge is -2.47. The summed E-state index contributed by atoms with van der Waals surface area (Å²) in [6.45, 7) is -14.4. The Morgan fingerprint density at radius 2 is 1.92 bits per heavy atom. The van der Waals surface area contributed by atoms with Crippen LogP contribution in [-0.2, 0) is 4.79 Å². The highest BCUT2D eigenvalue weighted by molar-refractivity contribution is 9.10. The number of alkyl halides is 2. The zero-order valence-electron chi connectivity index (χ0n) is 19.2. The van der Waals surface area contributed by atoms with Gasteiger partial charge in [0, 0.05) is 27.5 Å². The molecule has 0 bridgehead atoms. The molecule has 0 aromatic carbocycles. The molecule has 1 fully saturated rings. The Labute approximate surface area is 114 Å². The van der Waals surface area contributed by atoms with Crippen LogP contribution in [-0.4, -0.2) is 26.5 Å². The fourth-order valence-electron chi connectivity index (χ4n) is 0.907. The van der Waals surface area contributed by atoms with E-state index in [-0.39, 0.29) is 0 Å². The number of piperidine rings is 1. The third-order valence-corrected chi connectivity index (χ3v) is 3.63. The first kappa shape index (κ1) is 3.05. The summed E-state index contributed by atoms with van der Waals surface area (Å²) in [6.07, 6.45) is 0. The van der Waals surface area contributed by atoms with Crippen LogP contribution in [0.4, 0.5) is 0 Å². The van der Waals surface area contributed by atoms with Crippen LogP contribution in [0.2, 0.25) is 0 Å². The van der Waals surface area contributed by atoms with Gasteiger partial charge in [0.2, 0.25) is 0 Å². The lowest BCUT2D eigenvalue weighted by molar-refractivity contribution is -0.122. The summed E-state index contributed by atoms with van der Waals surface area (Å²) in [5.41, 5.74) is -6.78. The Kier molecular flexibility index (Phi) is 0.777. The average molecular weight is 326 g/mol. The molecule has 1 aliphatic heterocycles. The minimum absolute atomic E-state index is 1.55. The van der Waals surface area contributed by atoms with E-state index in [1.807, 2.05) is 0 Å². The SMILES string of the molecule is [2H]C([2H])([2H])C1(C([2H])([2H])[2H])NC(C([2H])([2H])[2H])(C([2H])([2H])[2H])C([2H])(Br)C(=O)C1Br. The molecule has 76 valence electrons. The van der Waals surface area contributed by atoms with Crippen molar-refractivity contribution in [2.75, 3.05) is 0 Å². The number of hydrogen-bond acceptors (Lipinski definition) is 2. The Bertz CT molecular complexity index is 558. The van der Waals surface area contributed by atoms with Gasteiger partial charge in [-0.3, -0.25) is 4.79 Å². The number of ketones is 1. The molecule has 2 unspecified atom stereocenters. The minimum Gasteiger partial charge on any atom is -0.304 e. The smallest absolute Gasteiger partial charge is 0.163 e. The van der Waals surface area contributed by atoms with Crippen molar-refractivity contribution in [3.63, 3.8) is 0 Å². The van der Waals surface area contributed by atoms with Crippen molar-refractivity contribution in [2.24, 2.45) is 0 Å². The predicted molar refractivity (Wildman–Crippen MR) is 61.7 cm³/mol. The molecule has 0 aliphatic carbocycles. The molecule has 4 heteroatoms. The van der Waals surface area contributed by atoms with Crippen LogP contribution in [0.1, 0.15) is 45.2 Å². The molecule has 0 spiro atoms. The van der Waals surface area contributed by atoms with Crippen LogP contribution >= 0.6 is 31.9 Å². The summed E-state index contributed by atoms with van der Waals surface area (Å²) in [7, 11) is 0. The zero-order chi connectivity index (χ0) is 21.4. The summed E-state index contributed by atoms with van der Waals surface area (Å²) >= 11 is 5.18. The number of carbonyl (C=O) groups is 1. The standard InChI is InChI=1S/C9H15Br2NO/c1-8(2)6(10)5(13)7(11)9(3,4)12-8/h6-7,12H,1-4H3/i1D3,2D3,3D3,4D3,6D. The molecule has 1 saturated heterocycles. The van der Waals surface area contributed by atoms with E-state index in [0.717, 1.165) is 0 Å². The lowest BCUT2D eigenvalue weighted by Crippen LogP contribution is -2.69. The van der Waals surface area contributed by atoms with E-state index in [9.17, 15) is 4.79 Å². The molecule has 0 amide bonds. The van der Waals surface area contributed by atoms with E-state index in [2.05, 4.69) is 31.9 Å². The number of nitrogens with one attached hydrogen (secondary N) is 1. The van der Waals surface area contributed by atoms with E-state index >= 15 is 0 Å². The monoisotopic (exact) mass is 324 g/mol. The van der Waals surface area contributed by atoms with E-state index in [0.29, 0.717) is 0 Å². The molecule has 1 aliphatic rings. The van der Waals surface area contributed by atoms with Gasteiger partial charge >= 0.3 is 0 Å². The molecule has 0 aromatic heterocycles. The fourth-order valence-corrected chi connectivity index (χ4v) is 1.89. The summed E-state index contributed by atoms with van der Waals surface area (Å²) in [4.78, 5) is 7.56. The maximum Gasteiger partial charge on any atom is 0.163 e. The van der Waals surface area contributed by atoms with Gasteiger partial charge in [-0.05, 0) is 27.4 Å². The van der Waals surface area contributed by atoms with Crippen molar-refractivity contribution in [3.8, 4) is 0 Å². The number of halogens is 2. The van der Waals surface area contributed by atoms with Crippen molar-refractivity contribution in [1.82, 2.24) is 5.32 Å². The molecule has 1 heterocycles. The second-order valence-corrected chi connectivity index (χ2v) is 4.43. The summed E-state index contributed by atoms with van der Waals surface area (Å²) in [5, 5.41) is 1.76. The van der Waals surface area contributed by atoms with Gasteiger partial charge in [-0.25, -0.2) is 0 Å². The third-order valence-electron chi connectivity index (χ3n) is 1.54. The molecular formula is C9H15Br2NO. The highest BCUT2D eigenvalue weighted by Crippen LogP contribution is 2.34. The zero-order valence-corrected chi connectivity index (χ0v) is 9.41. The van der Waals surface area contributed by atoms with Gasteiger partial charge < -0.3 is 5.32 Å². The molecule has 1 rings (SSSR count). The Balaban J connectivity index is 4.10. The van der Waals surface area contributed by atoms with Crippen LogP contribution in [0.15, 0.2) is 0 Å². The van der Waals surface area contributed by atoms with Crippen LogP contribution in [0.5, 0.6) is 0 Å². The van der Waals surface area contributed by atoms with Crippen LogP contribution < -0.4 is 5.32 Å². The highest BCUT2D eigenvalue weighted by atomic mass is 79.9. The number of carbonyl (C=O) groups excluding carboxylic acids is 1. The molecule has 2 atom stereocenters. The van der Waals surface area contributed by atoms with Crippen LogP contribution in [0.25, 0.3) is 0 Å². The number of hydrogen-bond donors (Lipinski definition) is 1. The molecule has 1 N–H and O–H groups in total. The normalized spacial score (nSPS) is 61.8. The van der Waals surface area contributed by atoms with Gasteiger partial charge in [-0.1, -0.05) is 31.9 Å². The van der Waals surface area contributed by atoms with Gasteiger partial charge in [0.25, 0.3) is 0 Å². The summed E-state index contributed by atoms with van der Waals surface area (Å²) in [5.74, 6) is -1.55. The maximum atomic E-state index is 12.7. The third kappa shape index (κ3) is 2.00. The predicted octanol–water partition coefficient (Wildman–Crippen LogP) is 2.24. The van der Waals surface area contributed by atoms with E-state index in [1.165, 1.54) is 0 Å². The molecular weight excluding hydrogens is 298 g/mol. The van der Waals surface area contributed by atoms with Gasteiger partial charge in [0.1, 0.15) is 0 Å². The Morgan fingerprint density at radius 1 is 1.38 bits per heavy atom. The van der Waals surface area contributed by atoms with E-state index < -0.39 is 53.9 Å². The number of Topliss-reactive ketones (excluding diaryl/α,β-unsaturated/α-hetero) is 1. The van der Waals surface area contributed by atoms with E-state index in [1.54, 1.807) is 5.32 Å². The fraction of sp³-hybridized carbons (Fsp3) is 0.889. The van der Waals surface area contributed by atoms with Gasteiger partial charge in [-0.2, -0.15) is 0 Å². The second kappa shape index (κ2) is 3.31. The average Bonchev–Trinajstić information content (AvgIpc) is 2.29. The first-order valence-electron chi connectivity index (χ1n) is 9.69. The molecule has 2 nitrogen and oxygen atoms in total. The Hall–Kier alpha value is 0.590. The van der Waals surface area contributed by atoms with Crippen molar-refractivity contribution in [2.45, 2.75) is 48.1 Å². The Morgan fingerprint density at radius 3 is 2.38 bits per heavy atom. The second-order valence-electron chi connectivity index (χ2n) is 2.72. The molecule has 0 aromatic rings. The van der Waals surface area contributed by atoms with Gasteiger partial charge in [0.05, 0.1) is 11.0 Å². The highest BCUT2D eigenvalue weighted by Gasteiger charge is 2.49. The van der Waals surface area contributed by atoms with Crippen molar-refractivity contribution in [1.29, 1.82) is 0 Å². The summed E-state index contributed by atoms with van der Waals surface area (Å²) < 4.78 is 100.0. The largest absolute Gasteiger partial charge is 0.304 e. The summed E-state index contributed by atoms with van der Waals surface area (Å²) in [6, 6.07) is 0. The molecule has 13 heavy (non-hydrogen) atoms. The topological polar surface area (TPSA) is 29.1 Å². The lowest BCUT2D eigenvalue weighted by atomic mass is 9.82. The van der Waals surface area contributed by atoms with Gasteiger partial charge in [0.15, 0.2) is 5.78 Å². The van der Waals surface area contributed by atoms with Crippen LogP contribution in [0.3, 0.4) is 0 Å². The van der Waals surface area contributed by atoms with E-state index in [4.69, 9.17) is 17.8 Å².